The van der Waals surface area contributed by atoms with Crippen LogP contribution in [0.1, 0.15) is 5.69 Å². The third-order valence-corrected chi connectivity index (χ3v) is 2.15. The molecule has 0 aromatic carbocycles. The molecule has 14 heavy (non-hydrogen) atoms. The van der Waals surface area contributed by atoms with Crippen molar-refractivity contribution in [1.82, 2.24) is 20.2 Å². The van der Waals surface area contributed by atoms with Crippen molar-refractivity contribution in [2.75, 3.05) is 20.1 Å². The molecular formula is C8H13N5O. The summed E-state index contributed by atoms with van der Waals surface area (Å²) in [5.74, 6) is 0.882. The van der Waals surface area contributed by atoms with Crippen LogP contribution in [0.3, 0.4) is 0 Å². The molecule has 0 radical (unpaired) electrons. The average molecular weight is 195 g/mol. The van der Waals surface area contributed by atoms with Gasteiger partial charge in [0.05, 0.1) is 18.8 Å². The summed E-state index contributed by atoms with van der Waals surface area (Å²) in [4.78, 5) is 22.3. The van der Waals surface area contributed by atoms with Crippen molar-refractivity contribution in [3.63, 3.8) is 0 Å². The second-order valence-corrected chi connectivity index (χ2v) is 3.25. The summed E-state index contributed by atoms with van der Waals surface area (Å²) < 4.78 is 0. The highest BCUT2D eigenvalue weighted by Gasteiger charge is 2.11. The first-order valence-electron chi connectivity index (χ1n) is 4.52. The van der Waals surface area contributed by atoms with Crippen molar-refractivity contribution in [3.8, 4) is 0 Å². The number of nitrogens with one attached hydrogen (secondary N) is 3. The number of guanidine groups is 1. The van der Waals surface area contributed by atoms with E-state index >= 15 is 0 Å². The van der Waals surface area contributed by atoms with Crippen LogP contribution in [-0.4, -0.2) is 41.0 Å². The predicted molar refractivity (Wildman–Crippen MR) is 53.2 cm³/mol. The fourth-order valence-corrected chi connectivity index (χ4v) is 1.36. The van der Waals surface area contributed by atoms with E-state index in [4.69, 9.17) is 0 Å². The molecule has 0 fully saturated rings. The maximum absolute atomic E-state index is 10.8. The number of imidazole rings is 1. The lowest BCUT2D eigenvalue weighted by atomic mass is 10.5. The molecule has 0 saturated carbocycles. The topological polar surface area (TPSA) is 76.3 Å². The second-order valence-electron chi connectivity index (χ2n) is 3.25. The number of hydrogen-bond acceptors (Lipinski definition) is 4. The zero-order valence-electron chi connectivity index (χ0n) is 8.00. The van der Waals surface area contributed by atoms with E-state index < -0.39 is 0 Å². The second kappa shape index (κ2) is 3.57. The van der Waals surface area contributed by atoms with E-state index in [0.29, 0.717) is 6.54 Å². The van der Waals surface area contributed by atoms with E-state index in [-0.39, 0.29) is 5.69 Å². The van der Waals surface area contributed by atoms with E-state index in [0.717, 1.165) is 24.7 Å². The highest BCUT2D eigenvalue weighted by molar-refractivity contribution is 5.81. The van der Waals surface area contributed by atoms with Crippen LogP contribution in [0.25, 0.3) is 0 Å². The summed E-state index contributed by atoms with van der Waals surface area (Å²) in [5.41, 5.74) is 0.654. The van der Waals surface area contributed by atoms with Gasteiger partial charge in [0, 0.05) is 19.8 Å². The van der Waals surface area contributed by atoms with Crippen LogP contribution in [-0.2, 0) is 6.54 Å². The molecule has 1 aromatic heterocycles. The van der Waals surface area contributed by atoms with Gasteiger partial charge in [0.1, 0.15) is 0 Å². The van der Waals surface area contributed by atoms with Gasteiger partial charge in [0.2, 0.25) is 0 Å². The first-order chi connectivity index (χ1) is 6.75. The summed E-state index contributed by atoms with van der Waals surface area (Å²) in [7, 11) is 1.98. The number of aromatic amines is 2. The minimum absolute atomic E-state index is 0.177. The van der Waals surface area contributed by atoms with Crippen LogP contribution >= 0.6 is 0 Å². The molecule has 0 bridgehead atoms. The number of hydrogen-bond donors (Lipinski definition) is 3. The Hall–Kier alpha value is -1.72. The van der Waals surface area contributed by atoms with Crippen molar-refractivity contribution in [3.05, 3.63) is 22.4 Å². The maximum Gasteiger partial charge on any atom is 0.323 e. The van der Waals surface area contributed by atoms with Crippen molar-refractivity contribution in [2.24, 2.45) is 4.99 Å². The summed E-state index contributed by atoms with van der Waals surface area (Å²) in [5, 5.41) is 3.15. The van der Waals surface area contributed by atoms with Gasteiger partial charge < -0.3 is 20.2 Å². The molecule has 2 heterocycles. The summed E-state index contributed by atoms with van der Waals surface area (Å²) in [6, 6.07) is 0. The largest absolute Gasteiger partial charge is 0.351 e. The minimum atomic E-state index is -0.177. The Labute approximate surface area is 81.0 Å². The smallest absolute Gasteiger partial charge is 0.323 e. The third-order valence-electron chi connectivity index (χ3n) is 2.15. The molecule has 0 unspecified atom stereocenters. The Morgan fingerprint density at radius 3 is 3.14 bits per heavy atom. The molecule has 0 amide bonds. The monoisotopic (exact) mass is 195 g/mol. The zero-order chi connectivity index (χ0) is 9.97. The van der Waals surface area contributed by atoms with Crippen molar-refractivity contribution in [1.29, 1.82) is 0 Å². The van der Waals surface area contributed by atoms with Gasteiger partial charge in [-0.1, -0.05) is 0 Å². The Morgan fingerprint density at radius 1 is 1.71 bits per heavy atom. The lowest BCUT2D eigenvalue weighted by molar-refractivity contribution is 0.533. The zero-order valence-corrected chi connectivity index (χ0v) is 8.00. The van der Waals surface area contributed by atoms with Crippen LogP contribution in [0, 0.1) is 0 Å². The number of aliphatic imine (C=N–C) groups is 1. The Morgan fingerprint density at radius 2 is 2.57 bits per heavy atom. The molecule has 0 atom stereocenters. The normalized spacial score (nSPS) is 15.8. The van der Waals surface area contributed by atoms with Crippen LogP contribution in [0.15, 0.2) is 16.0 Å². The van der Waals surface area contributed by atoms with Crippen molar-refractivity contribution in [2.45, 2.75) is 6.54 Å². The van der Waals surface area contributed by atoms with Gasteiger partial charge in [-0.25, -0.2) is 4.79 Å². The molecular weight excluding hydrogens is 182 g/mol. The summed E-state index contributed by atoms with van der Waals surface area (Å²) in [6.07, 6.45) is 1.66. The van der Waals surface area contributed by atoms with Crippen molar-refractivity contribution >= 4 is 5.96 Å². The Balaban J connectivity index is 1.91. The summed E-state index contributed by atoms with van der Waals surface area (Å²) in [6.45, 7) is 2.37. The van der Waals surface area contributed by atoms with E-state index in [1.54, 1.807) is 6.20 Å². The van der Waals surface area contributed by atoms with Gasteiger partial charge in [-0.3, -0.25) is 4.99 Å². The molecule has 0 aliphatic carbocycles. The number of nitrogens with zero attached hydrogens (tertiary/aromatic N) is 2. The quantitative estimate of drug-likeness (QED) is 0.572. The average Bonchev–Trinajstić information content (AvgIpc) is 2.72. The molecule has 1 aliphatic rings. The molecule has 76 valence electrons. The first kappa shape index (κ1) is 8.86. The molecule has 1 aliphatic heterocycles. The van der Waals surface area contributed by atoms with Gasteiger partial charge in [-0.15, -0.1) is 0 Å². The summed E-state index contributed by atoms with van der Waals surface area (Å²) >= 11 is 0. The van der Waals surface area contributed by atoms with Gasteiger partial charge in [-0.05, 0) is 0 Å². The lowest BCUT2D eigenvalue weighted by Crippen LogP contribution is -2.35. The number of rotatable bonds is 2. The highest BCUT2D eigenvalue weighted by Crippen LogP contribution is 1.96. The van der Waals surface area contributed by atoms with Crippen molar-refractivity contribution < 1.29 is 0 Å². The van der Waals surface area contributed by atoms with Crippen LogP contribution in [0.2, 0.25) is 0 Å². The lowest BCUT2D eigenvalue weighted by Gasteiger charge is -2.14. The van der Waals surface area contributed by atoms with E-state index in [1.807, 2.05) is 11.9 Å². The molecule has 1 aromatic rings. The SMILES string of the molecule is CN1CCN=C1NCc1c[nH]c(=O)[nH]1. The van der Waals surface area contributed by atoms with E-state index in [9.17, 15) is 4.79 Å². The van der Waals surface area contributed by atoms with Crippen LogP contribution in [0.5, 0.6) is 0 Å². The van der Waals surface area contributed by atoms with E-state index in [1.165, 1.54) is 0 Å². The van der Waals surface area contributed by atoms with Gasteiger partial charge in [0.15, 0.2) is 5.96 Å². The van der Waals surface area contributed by atoms with Crippen LogP contribution in [0.4, 0.5) is 0 Å². The van der Waals surface area contributed by atoms with Gasteiger partial charge in [0.25, 0.3) is 0 Å². The standard InChI is InChI=1S/C8H13N5O/c1-13-3-2-9-7(13)10-4-6-5-11-8(14)12-6/h5H,2-4H2,1H3,(H,9,10)(H2,11,12,14). The van der Waals surface area contributed by atoms with Gasteiger partial charge in [-0.2, -0.15) is 0 Å². The molecule has 6 heteroatoms. The fourth-order valence-electron chi connectivity index (χ4n) is 1.36. The molecule has 0 saturated heterocycles. The van der Waals surface area contributed by atoms with Gasteiger partial charge >= 0.3 is 5.69 Å². The predicted octanol–water partition coefficient (Wildman–Crippen LogP) is -0.906. The Bertz CT molecular complexity index is 390. The fraction of sp³-hybridized carbons (Fsp3) is 0.500. The molecule has 0 spiro atoms. The number of aromatic nitrogens is 2. The first-order valence-corrected chi connectivity index (χ1v) is 4.52. The minimum Gasteiger partial charge on any atom is -0.351 e. The van der Waals surface area contributed by atoms with Crippen LogP contribution < -0.4 is 11.0 Å². The Kier molecular flexibility index (Phi) is 2.26. The highest BCUT2D eigenvalue weighted by atomic mass is 16.1. The number of H-pyrrole nitrogens is 2. The van der Waals surface area contributed by atoms with E-state index in [2.05, 4.69) is 20.3 Å². The molecule has 2 rings (SSSR count). The third kappa shape index (κ3) is 1.78. The number of likely N-dealkylation sites (N-methyl/N-ethyl adjacent to an activating group) is 1. The molecule has 3 N–H and O–H groups in total. The molecule has 6 nitrogen and oxygen atoms in total. The maximum atomic E-state index is 10.8.